The zero-order chi connectivity index (χ0) is 32.9. The van der Waals surface area contributed by atoms with Crippen LogP contribution < -0.4 is 0 Å². The largest absolute Gasteiger partial charge is 0.208 e. The molecule has 2 bridgehead atoms. The lowest BCUT2D eigenvalue weighted by Gasteiger charge is -2.46. The van der Waals surface area contributed by atoms with Crippen LogP contribution >= 0.6 is 0 Å². The summed E-state index contributed by atoms with van der Waals surface area (Å²) in [5.74, 6) is 3.39. The van der Waals surface area contributed by atoms with Crippen LogP contribution in [0.25, 0.3) is 67.2 Å². The number of fused-ring (bicyclic) bond motifs is 9. The van der Waals surface area contributed by atoms with Crippen LogP contribution in [-0.2, 0) is 11.8 Å². The van der Waals surface area contributed by atoms with Gasteiger partial charge < -0.3 is 0 Å². The summed E-state index contributed by atoms with van der Waals surface area (Å²) in [7, 11) is 0. The van der Waals surface area contributed by atoms with Crippen molar-refractivity contribution in [3.8, 4) is 56.4 Å². The molecule has 0 radical (unpaired) electrons. The van der Waals surface area contributed by atoms with Crippen LogP contribution in [0.3, 0.4) is 0 Å². The number of rotatable bonds is 4. The third kappa shape index (κ3) is 3.93. The standard InChI is InChI=1S/C46H37N3/c1-27(2)46-28(3)32-22-24-37-34(23-25-38(42(37)46)36-17-9-10-19-41(36)46)35-21-20-31(26-40(32)35)44-47-43(30-13-5-4-6-14-30)48-45(49-44)39-18-11-15-29-12-7-8-16-33(29)39/h4-21,23,25-28,32H,22,24H2,1-3H3. The van der Waals surface area contributed by atoms with Gasteiger partial charge in [0.15, 0.2) is 17.5 Å². The summed E-state index contributed by atoms with van der Waals surface area (Å²) in [5.41, 5.74) is 14.8. The molecule has 1 aromatic heterocycles. The molecule has 0 saturated heterocycles. The van der Waals surface area contributed by atoms with Gasteiger partial charge >= 0.3 is 0 Å². The first-order chi connectivity index (χ1) is 24.0. The van der Waals surface area contributed by atoms with Gasteiger partial charge in [-0.1, -0.05) is 142 Å². The molecule has 0 amide bonds. The Morgan fingerprint density at radius 3 is 2.12 bits per heavy atom. The Bertz CT molecular complexity index is 2460. The zero-order valence-corrected chi connectivity index (χ0v) is 28.1. The summed E-state index contributed by atoms with van der Waals surface area (Å²) < 4.78 is 0. The molecule has 236 valence electrons. The molecule has 3 aliphatic carbocycles. The van der Waals surface area contributed by atoms with E-state index in [2.05, 4.69) is 130 Å². The molecule has 7 aromatic rings. The molecule has 3 nitrogen and oxygen atoms in total. The molecule has 1 heterocycles. The number of nitrogens with zero attached hydrogens (tertiary/aromatic N) is 3. The molecular weight excluding hydrogens is 595 g/mol. The molecule has 0 N–H and O–H groups in total. The SMILES string of the molecule is CC(C)C12c3ccccc3-c3ccc4c(c31)CCC(c1cc(-c3nc(-c5ccccc5)nc(-c5cccc6ccccc56)n3)ccc1-4)C2C. The maximum absolute atomic E-state index is 5.24. The van der Waals surface area contributed by atoms with Gasteiger partial charge in [-0.15, -0.1) is 0 Å². The lowest BCUT2D eigenvalue weighted by Crippen LogP contribution is -2.41. The third-order valence-corrected chi connectivity index (χ3v) is 12.0. The van der Waals surface area contributed by atoms with Crippen molar-refractivity contribution in [2.75, 3.05) is 0 Å². The fraction of sp³-hybridized carbons (Fsp3) is 0.196. The highest BCUT2D eigenvalue weighted by Crippen LogP contribution is 2.65. The molecule has 49 heavy (non-hydrogen) atoms. The van der Waals surface area contributed by atoms with Crippen LogP contribution in [0.4, 0.5) is 0 Å². The average Bonchev–Trinajstić information content (AvgIpc) is 3.24. The topological polar surface area (TPSA) is 38.7 Å². The van der Waals surface area contributed by atoms with E-state index in [0.717, 1.165) is 34.9 Å². The van der Waals surface area contributed by atoms with Gasteiger partial charge in [0, 0.05) is 22.1 Å². The number of hydrogen-bond donors (Lipinski definition) is 0. The van der Waals surface area contributed by atoms with Crippen LogP contribution in [-0.4, -0.2) is 15.0 Å². The predicted octanol–water partition coefficient (Wildman–Crippen LogP) is 11.3. The van der Waals surface area contributed by atoms with Crippen LogP contribution in [0, 0.1) is 11.8 Å². The van der Waals surface area contributed by atoms with E-state index in [9.17, 15) is 0 Å². The summed E-state index contributed by atoms with van der Waals surface area (Å²) in [6.45, 7) is 7.44. The lowest BCUT2D eigenvalue weighted by molar-refractivity contribution is 0.228. The number of benzene rings is 6. The second-order valence-corrected chi connectivity index (χ2v) is 14.5. The summed E-state index contributed by atoms with van der Waals surface area (Å²) in [5, 5.41) is 2.31. The van der Waals surface area contributed by atoms with Crippen molar-refractivity contribution in [3.63, 3.8) is 0 Å². The van der Waals surface area contributed by atoms with Crippen LogP contribution in [0.1, 0.15) is 55.4 Å². The first-order valence-electron chi connectivity index (χ1n) is 17.7. The van der Waals surface area contributed by atoms with E-state index in [4.69, 9.17) is 15.0 Å². The van der Waals surface area contributed by atoms with Crippen molar-refractivity contribution >= 4 is 10.8 Å². The van der Waals surface area contributed by atoms with Gasteiger partial charge in [-0.25, -0.2) is 15.0 Å². The Morgan fingerprint density at radius 1 is 0.592 bits per heavy atom. The van der Waals surface area contributed by atoms with E-state index < -0.39 is 0 Å². The Kier molecular flexibility index (Phi) is 6.15. The molecule has 10 rings (SSSR count). The Balaban J connectivity index is 1.20. The van der Waals surface area contributed by atoms with Gasteiger partial charge in [-0.05, 0) is 91.9 Å². The molecule has 3 heteroatoms. The zero-order valence-electron chi connectivity index (χ0n) is 28.1. The molecule has 3 aliphatic rings. The van der Waals surface area contributed by atoms with E-state index in [1.165, 1.54) is 38.8 Å². The van der Waals surface area contributed by atoms with Crippen molar-refractivity contribution < 1.29 is 0 Å². The average molecular weight is 632 g/mol. The van der Waals surface area contributed by atoms with Gasteiger partial charge in [0.2, 0.25) is 0 Å². The quantitative estimate of drug-likeness (QED) is 0.194. The Morgan fingerprint density at radius 2 is 1.27 bits per heavy atom. The van der Waals surface area contributed by atoms with Gasteiger partial charge in [0.05, 0.1) is 0 Å². The Hall–Kier alpha value is -5.41. The third-order valence-electron chi connectivity index (χ3n) is 12.0. The van der Waals surface area contributed by atoms with Crippen molar-refractivity contribution in [2.45, 2.75) is 44.9 Å². The monoisotopic (exact) mass is 631 g/mol. The van der Waals surface area contributed by atoms with E-state index >= 15 is 0 Å². The van der Waals surface area contributed by atoms with E-state index in [0.29, 0.717) is 35.2 Å². The van der Waals surface area contributed by atoms with Gasteiger partial charge in [-0.3, -0.25) is 0 Å². The van der Waals surface area contributed by atoms with Gasteiger partial charge in [0.25, 0.3) is 0 Å². The van der Waals surface area contributed by atoms with Crippen LogP contribution in [0.5, 0.6) is 0 Å². The summed E-state index contributed by atoms with van der Waals surface area (Å²) >= 11 is 0. The highest BCUT2D eigenvalue weighted by atomic mass is 15.0. The maximum atomic E-state index is 5.24. The van der Waals surface area contributed by atoms with E-state index in [1.54, 1.807) is 11.1 Å². The minimum absolute atomic E-state index is 0.0265. The smallest absolute Gasteiger partial charge is 0.164 e. The second kappa shape index (κ2) is 10.5. The van der Waals surface area contributed by atoms with Crippen LogP contribution in [0.2, 0.25) is 0 Å². The van der Waals surface area contributed by atoms with Crippen molar-refractivity contribution in [3.05, 3.63) is 150 Å². The molecule has 0 spiro atoms. The summed E-state index contributed by atoms with van der Waals surface area (Å²) in [4.78, 5) is 15.5. The second-order valence-electron chi connectivity index (χ2n) is 14.5. The van der Waals surface area contributed by atoms with E-state index in [1.807, 2.05) is 18.2 Å². The highest BCUT2D eigenvalue weighted by Gasteiger charge is 2.55. The first kappa shape index (κ1) is 28.6. The molecule has 0 fully saturated rings. The molecule has 3 atom stereocenters. The summed E-state index contributed by atoms with van der Waals surface area (Å²) in [6, 6.07) is 46.2. The minimum Gasteiger partial charge on any atom is -0.208 e. The summed E-state index contributed by atoms with van der Waals surface area (Å²) in [6.07, 6.45) is 2.25. The minimum atomic E-state index is -0.0265. The highest BCUT2D eigenvalue weighted by molar-refractivity contribution is 5.95. The van der Waals surface area contributed by atoms with E-state index in [-0.39, 0.29) is 5.41 Å². The van der Waals surface area contributed by atoms with Crippen molar-refractivity contribution in [1.82, 2.24) is 15.0 Å². The molecular formula is C46H37N3. The number of hydrogen-bond acceptors (Lipinski definition) is 3. The van der Waals surface area contributed by atoms with Gasteiger partial charge in [-0.2, -0.15) is 0 Å². The Labute approximate surface area is 287 Å². The lowest BCUT2D eigenvalue weighted by atomic mass is 9.57. The first-order valence-corrected chi connectivity index (χ1v) is 17.7. The molecule has 6 aromatic carbocycles. The molecule has 0 aliphatic heterocycles. The van der Waals surface area contributed by atoms with Gasteiger partial charge in [0.1, 0.15) is 0 Å². The molecule has 3 unspecified atom stereocenters. The predicted molar refractivity (Wildman–Crippen MR) is 200 cm³/mol. The van der Waals surface area contributed by atoms with Crippen molar-refractivity contribution in [2.24, 2.45) is 11.8 Å². The van der Waals surface area contributed by atoms with Crippen LogP contribution in [0.15, 0.2) is 127 Å². The fourth-order valence-electron chi connectivity index (χ4n) is 9.98. The molecule has 0 saturated carbocycles. The van der Waals surface area contributed by atoms with Crippen molar-refractivity contribution in [1.29, 1.82) is 0 Å². The normalized spacial score (nSPS) is 19.8. The number of aromatic nitrogens is 3. The fourth-order valence-corrected chi connectivity index (χ4v) is 9.98. The maximum Gasteiger partial charge on any atom is 0.164 e.